The average molecular weight is 328 g/mol. The Balaban J connectivity index is 1.66. The fourth-order valence-corrected chi connectivity index (χ4v) is 2.02. The van der Waals surface area contributed by atoms with Crippen molar-refractivity contribution in [3.63, 3.8) is 0 Å². The van der Waals surface area contributed by atoms with Gasteiger partial charge in [0.25, 0.3) is 5.69 Å². The number of benzene rings is 1. The number of nitro groups is 1. The fraction of sp³-hybridized carbons (Fsp3) is 0.500. The van der Waals surface area contributed by atoms with Gasteiger partial charge in [0.1, 0.15) is 0 Å². The van der Waals surface area contributed by atoms with E-state index < -0.39 is 11.0 Å². The highest BCUT2D eigenvalue weighted by molar-refractivity contribution is 6.33. The van der Waals surface area contributed by atoms with E-state index in [-0.39, 0.29) is 10.7 Å². The molecule has 1 aromatic carbocycles. The minimum absolute atomic E-state index is 0.122. The number of anilines is 1. The van der Waals surface area contributed by atoms with E-state index >= 15 is 0 Å². The van der Waals surface area contributed by atoms with Crippen LogP contribution in [0.1, 0.15) is 19.3 Å². The highest BCUT2D eigenvalue weighted by Crippen LogP contribution is 2.28. The maximum Gasteiger partial charge on any atom is 0.319 e. The Morgan fingerprint density at radius 1 is 1.45 bits per heavy atom. The third-order valence-electron chi connectivity index (χ3n) is 3.21. The average Bonchev–Trinajstić information content (AvgIpc) is 3.29. The molecular weight excluding hydrogens is 310 g/mol. The second-order valence-electron chi connectivity index (χ2n) is 5.17. The number of amides is 2. The van der Waals surface area contributed by atoms with Crippen molar-refractivity contribution in [2.45, 2.75) is 19.3 Å². The van der Waals surface area contributed by atoms with Gasteiger partial charge in [0, 0.05) is 31.9 Å². The van der Waals surface area contributed by atoms with Crippen LogP contribution in [0, 0.1) is 16.0 Å². The quantitative estimate of drug-likeness (QED) is 0.435. The summed E-state index contributed by atoms with van der Waals surface area (Å²) in [5, 5.41) is 15.9. The molecule has 1 aliphatic carbocycles. The Morgan fingerprint density at radius 3 is 2.86 bits per heavy atom. The first kappa shape index (κ1) is 16.5. The summed E-state index contributed by atoms with van der Waals surface area (Å²) in [6.07, 6.45) is 3.25. The first-order chi connectivity index (χ1) is 10.6. The molecule has 0 bridgehead atoms. The van der Waals surface area contributed by atoms with Gasteiger partial charge in [-0.15, -0.1) is 0 Å². The zero-order chi connectivity index (χ0) is 15.9. The van der Waals surface area contributed by atoms with E-state index in [4.69, 9.17) is 16.3 Å². The van der Waals surface area contributed by atoms with Crippen LogP contribution in [0.3, 0.4) is 0 Å². The van der Waals surface area contributed by atoms with Gasteiger partial charge in [-0.3, -0.25) is 10.1 Å². The molecule has 1 fully saturated rings. The molecule has 0 heterocycles. The molecule has 0 saturated heterocycles. The number of halogens is 1. The van der Waals surface area contributed by atoms with Crippen molar-refractivity contribution in [2.24, 2.45) is 5.92 Å². The van der Waals surface area contributed by atoms with Gasteiger partial charge >= 0.3 is 6.03 Å². The number of carbonyl (C=O) groups is 1. The number of nitrogens with one attached hydrogen (secondary N) is 2. The highest BCUT2D eigenvalue weighted by Gasteiger charge is 2.20. The molecule has 2 N–H and O–H groups in total. The van der Waals surface area contributed by atoms with E-state index in [1.54, 1.807) is 0 Å². The Bertz CT molecular complexity index is 549. The van der Waals surface area contributed by atoms with Crippen LogP contribution in [-0.2, 0) is 4.74 Å². The number of nitro benzene ring substituents is 1. The molecule has 2 amide bonds. The molecule has 2 rings (SSSR count). The Hall–Kier alpha value is -1.86. The molecule has 1 saturated carbocycles. The van der Waals surface area contributed by atoms with E-state index in [0.29, 0.717) is 18.8 Å². The molecule has 1 aromatic rings. The largest absolute Gasteiger partial charge is 0.381 e. The predicted octanol–water partition coefficient (Wildman–Crippen LogP) is 3.19. The van der Waals surface area contributed by atoms with Crippen molar-refractivity contribution < 1.29 is 14.5 Å². The monoisotopic (exact) mass is 327 g/mol. The van der Waals surface area contributed by atoms with Gasteiger partial charge < -0.3 is 15.4 Å². The van der Waals surface area contributed by atoms with Gasteiger partial charge in [0.15, 0.2) is 0 Å². The summed E-state index contributed by atoms with van der Waals surface area (Å²) in [6.45, 7) is 1.92. The summed E-state index contributed by atoms with van der Waals surface area (Å²) in [7, 11) is 0. The number of nitrogens with zero attached hydrogens (tertiary/aromatic N) is 1. The molecule has 8 heteroatoms. The maximum atomic E-state index is 11.7. The third kappa shape index (κ3) is 5.50. The second-order valence-corrected chi connectivity index (χ2v) is 5.58. The summed E-state index contributed by atoms with van der Waals surface area (Å²) in [4.78, 5) is 21.7. The number of ether oxygens (including phenoxy) is 1. The lowest BCUT2D eigenvalue weighted by molar-refractivity contribution is -0.384. The van der Waals surface area contributed by atoms with E-state index in [2.05, 4.69) is 10.6 Å². The van der Waals surface area contributed by atoms with Crippen LogP contribution < -0.4 is 10.6 Å². The van der Waals surface area contributed by atoms with Crippen LogP contribution in [0.4, 0.5) is 16.2 Å². The molecule has 0 spiro atoms. The molecule has 0 aromatic heterocycles. The zero-order valence-corrected chi connectivity index (χ0v) is 12.8. The smallest absolute Gasteiger partial charge is 0.319 e. The lowest BCUT2D eigenvalue weighted by atomic mass is 10.3. The molecule has 1 aliphatic rings. The SMILES string of the molecule is O=C(NCCCOCC1CC1)Nc1ccc([N+](=O)[O-])cc1Cl. The number of non-ortho nitro benzene ring substituents is 1. The van der Waals surface area contributed by atoms with Gasteiger partial charge in [-0.1, -0.05) is 11.6 Å². The Labute approximate surface area is 133 Å². The number of hydrogen-bond donors (Lipinski definition) is 2. The van der Waals surface area contributed by atoms with Gasteiger partial charge in [0.05, 0.1) is 15.6 Å². The minimum atomic E-state index is -0.544. The molecule has 0 aliphatic heterocycles. The summed E-state index contributed by atoms with van der Waals surface area (Å²) in [5.41, 5.74) is 0.207. The van der Waals surface area contributed by atoms with E-state index in [9.17, 15) is 14.9 Å². The topological polar surface area (TPSA) is 93.5 Å². The van der Waals surface area contributed by atoms with Crippen molar-refractivity contribution in [1.82, 2.24) is 5.32 Å². The van der Waals surface area contributed by atoms with Crippen LogP contribution in [-0.4, -0.2) is 30.7 Å². The molecule has 22 heavy (non-hydrogen) atoms. The highest BCUT2D eigenvalue weighted by atomic mass is 35.5. The van der Waals surface area contributed by atoms with Crippen LogP contribution in [0.15, 0.2) is 18.2 Å². The molecular formula is C14H18ClN3O4. The van der Waals surface area contributed by atoms with Gasteiger partial charge in [-0.05, 0) is 31.2 Å². The number of urea groups is 1. The minimum Gasteiger partial charge on any atom is -0.381 e. The second kappa shape index (κ2) is 7.95. The van der Waals surface area contributed by atoms with Crippen molar-refractivity contribution in [2.75, 3.05) is 25.1 Å². The van der Waals surface area contributed by atoms with Crippen LogP contribution in [0.2, 0.25) is 5.02 Å². The van der Waals surface area contributed by atoms with Crippen molar-refractivity contribution in [3.8, 4) is 0 Å². The van der Waals surface area contributed by atoms with E-state index in [1.165, 1.54) is 31.0 Å². The third-order valence-corrected chi connectivity index (χ3v) is 3.53. The Morgan fingerprint density at radius 2 is 2.23 bits per heavy atom. The standard InChI is InChI=1S/C14H18ClN3O4/c15-12-8-11(18(20)21)4-5-13(12)17-14(19)16-6-1-7-22-9-10-2-3-10/h4-5,8,10H,1-3,6-7,9H2,(H2,16,17,19). The molecule has 0 unspecified atom stereocenters. The fourth-order valence-electron chi connectivity index (χ4n) is 1.80. The maximum absolute atomic E-state index is 11.7. The molecule has 120 valence electrons. The van der Waals surface area contributed by atoms with Crippen molar-refractivity contribution in [3.05, 3.63) is 33.3 Å². The summed E-state index contributed by atoms with van der Waals surface area (Å²) in [6, 6.07) is 3.48. The number of rotatable bonds is 8. The van der Waals surface area contributed by atoms with E-state index in [0.717, 1.165) is 18.9 Å². The summed E-state index contributed by atoms with van der Waals surface area (Å²) >= 11 is 5.89. The summed E-state index contributed by atoms with van der Waals surface area (Å²) in [5.74, 6) is 0.737. The van der Waals surface area contributed by atoms with Crippen LogP contribution in [0.5, 0.6) is 0 Å². The molecule has 7 nitrogen and oxygen atoms in total. The molecule has 0 radical (unpaired) electrons. The first-order valence-electron chi connectivity index (χ1n) is 7.13. The normalized spacial score (nSPS) is 13.7. The van der Waals surface area contributed by atoms with Crippen LogP contribution in [0.25, 0.3) is 0 Å². The van der Waals surface area contributed by atoms with Gasteiger partial charge in [-0.25, -0.2) is 4.79 Å². The van der Waals surface area contributed by atoms with E-state index in [1.807, 2.05) is 0 Å². The molecule has 0 atom stereocenters. The van der Waals surface area contributed by atoms with Gasteiger partial charge in [0.2, 0.25) is 0 Å². The van der Waals surface area contributed by atoms with Crippen LogP contribution >= 0.6 is 11.6 Å². The predicted molar refractivity (Wildman–Crippen MR) is 83.3 cm³/mol. The summed E-state index contributed by atoms with van der Waals surface area (Å²) < 4.78 is 5.46. The lowest BCUT2D eigenvalue weighted by Crippen LogP contribution is -2.30. The van der Waals surface area contributed by atoms with Crippen molar-refractivity contribution >= 4 is 29.0 Å². The number of carbonyl (C=O) groups excluding carboxylic acids is 1. The Kier molecular flexibility index (Phi) is 5.97. The number of hydrogen-bond acceptors (Lipinski definition) is 4. The van der Waals surface area contributed by atoms with Crippen molar-refractivity contribution in [1.29, 1.82) is 0 Å². The lowest BCUT2D eigenvalue weighted by Gasteiger charge is -2.09. The van der Waals surface area contributed by atoms with Gasteiger partial charge in [-0.2, -0.15) is 0 Å². The first-order valence-corrected chi connectivity index (χ1v) is 7.50. The zero-order valence-electron chi connectivity index (χ0n) is 12.0.